The predicted molar refractivity (Wildman–Crippen MR) is 102 cm³/mol. The number of alkyl halides is 3. The van der Waals surface area contributed by atoms with Crippen LogP contribution in [0.25, 0.3) is 0 Å². The predicted octanol–water partition coefficient (Wildman–Crippen LogP) is 2.16. The van der Waals surface area contributed by atoms with E-state index in [2.05, 4.69) is 20.9 Å². The molecule has 0 saturated carbocycles. The van der Waals surface area contributed by atoms with Gasteiger partial charge in [0.1, 0.15) is 0 Å². The molecule has 6 nitrogen and oxygen atoms in total. The number of rotatable bonds is 5. The third kappa shape index (κ3) is 5.60. The molecule has 1 fully saturated rings. The van der Waals surface area contributed by atoms with Gasteiger partial charge < -0.3 is 16.0 Å². The summed E-state index contributed by atoms with van der Waals surface area (Å²) in [4.78, 5) is 17.5. The zero-order valence-electron chi connectivity index (χ0n) is 15.9. The van der Waals surface area contributed by atoms with Crippen LogP contribution in [0.15, 0.2) is 29.3 Å². The van der Waals surface area contributed by atoms with Gasteiger partial charge in [-0.05, 0) is 30.5 Å². The van der Waals surface area contributed by atoms with Crippen LogP contribution in [0.5, 0.6) is 0 Å². The number of nitrogens with zero attached hydrogens (tertiary/aromatic N) is 2. The second-order valence-electron chi connectivity index (χ2n) is 7.38. The second kappa shape index (κ2) is 8.81. The maximum Gasteiger partial charge on any atom is 0.401 e. The van der Waals surface area contributed by atoms with E-state index in [0.717, 1.165) is 17.7 Å². The number of anilines is 1. The first-order valence-electron chi connectivity index (χ1n) is 9.46. The lowest BCUT2D eigenvalue weighted by Gasteiger charge is -2.26. The number of benzene rings is 1. The van der Waals surface area contributed by atoms with Crippen molar-refractivity contribution in [1.82, 2.24) is 15.5 Å². The van der Waals surface area contributed by atoms with Gasteiger partial charge in [-0.15, -0.1) is 0 Å². The van der Waals surface area contributed by atoms with E-state index in [4.69, 9.17) is 0 Å². The van der Waals surface area contributed by atoms with Gasteiger partial charge in [0.05, 0.1) is 6.54 Å². The van der Waals surface area contributed by atoms with E-state index in [1.807, 2.05) is 24.3 Å². The van der Waals surface area contributed by atoms with E-state index in [-0.39, 0.29) is 17.7 Å². The van der Waals surface area contributed by atoms with Crippen LogP contribution in [0, 0.1) is 5.92 Å². The topological polar surface area (TPSA) is 68.8 Å². The number of hydrogen-bond acceptors (Lipinski definition) is 3. The Labute approximate surface area is 162 Å². The van der Waals surface area contributed by atoms with E-state index in [9.17, 15) is 18.0 Å². The lowest BCUT2D eigenvalue weighted by atomic mass is 9.90. The molecule has 9 heteroatoms. The Bertz CT molecular complexity index is 722. The maximum atomic E-state index is 12.5. The summed E-state index contributed by atoms with van der Waals surface area (Å²) in [5, 5.41) is 9.32. The first-order valence-corrected chi connectivity index (χ1v) is 9.46. The monoisotopic (exact) mass is 397 g/mol. The highest BCUT2D eigenvalue weighted by Crippen LogP contribution is 2.31. The van der Waals surface area contributed by atoms with E-state index in [0.29, 0.717) is 38.6 Å². The summed E-state index contributed by atoms with van der Waals surface area (Å²) < 4.78 is 37.5. The number of nitrogens with one attached hydrogen (secondary N) is 3. The molecule has 0 aliphatic carbocycles. The molecule has 2 aliphatic rings. The molecule has 0 bridgehead atoms. The smallest absolute Gasteiger partial charge is 0.356 e. The first kappa shape index (κ1) is 20.4. The van der Waals surface area contributed by atoms with Crippen molar-refractivity contribution in [2.24, 2.45) is 10.9 Å². The molecule has 1 aromatic rings. The molecule has 0 aromatic heterocycles. The number of para-hydroxylation sites is 1. The number of halogens is 3. The van der Waals surface area contributed by atoms with Crippen LogP contribution >= 0.6 is 0 Å². The molecule has 1 saturated heterocycles. The van der Waals surface area contributed by atoms with Crippen molar-refractivity contribution in [1.29, 1.82) is 0 Å². The minimum absolute atomic E-state index is 0.0100. The number of aliphatic imine (C=N–C) groups is 1. The largest absolute Gasteiger partial charge is 0.401 e. The molecule has 2 atom stereocenters. The summed E-state index contributed by atoms with van der Waals surface area (Å²) in [6.45, 7) is 1.16. The summed E-state index contributed by atoms with van der Waals surface area (Å²) in [5.74, 6) is 0.779. The van der Waals surface area contributed by atoms with Gasteiger partial charge in [0.15, 0.2) is 5.96 Å². The van der Waals surface area contributed by atoms with Gasteiger partial charge in [-0.1, -0.05) is 18.2 Å². The van der Waals surface area contributed by atoms with Crippen LogP contribution in [0.1, 0.15) is 24.3 Å². The number of hydrogen-bond donors (Lipinski definition) is 3. The zero-order chi connectivity index (χ0) is 20.1. The second-order valence-corrected chi connectivity index (χ2v) is 7.38. The first-order chi connectivity index (χ1) is 13.3. The Balaban J connectivity index is 1.47. The highest BCUT2D eigenvalue weighted by atomic mass is 19.4. The van der Waals surface area contributed by atoms with Gasteiger partial charge in [0.2, 0.25) is 5.91 Å². The highest BCUT2D eigenvalue weighted by molar-refractivity contribution is 5.94. The van der Waals surface area contributed by atoms with Crippen LogP contribution in [-0.2, 0) is 4.79 Å². The molecule has 3 rings (SSSR count). The molecule has 0 radical (unpaired) electrons. The van der Waals surface area contributed by atoms with Gasteiger partial charge in [-0.2, -0.15) is 13.2 Å². The van der Waals surface area contributed by atoms with E-state index in [1.165, 1.54) is 4.90 Å². The van der Waals surface area contributed by atoms with Crippen molar-refractivity contribution in [2.45, 2.75) is 24.9 Å². The summed E-state index contributed by atoms with van der Waals surface area (Å²) in [5.41, 5.74) is 1.92. The maximum absolute atomic E-state index is 12.5. The standard InChI is InChI=1S/C19H26F3N5O/c1-23-18(24-9-13-6-7-27(11-13)12-19(20,21)22)25-10-14-8-17(28)26-16-5-3-2-4-15(14)16/h2-5,13-14H,6-12H2,1H3,(H,26,28)(H2,23,24,25). The Hall–Kier alpha value is -2.29. The third-order valence-corrected chi connectivity index (χ3v) is 5.18. The van der Waals surface area contributed by atoms with Crippen molar-refractivity contribution in [3.05, 3.63) is 29.8 Å². The lowest BCUT2D eigenvalue weighted by molar-refractivity contribution is -0.143. The van der Waals surface area contributed by atoms with Crippen LogP contribution < -0.4 is 16.0 Å². The zero-order valence-corrected chi connectivity index (χ0v) is 15.9. The Morgan fingerprint density at radius 2 is 2.04 bits per heavy atom. The van der Waals surface area contributed by atoms with Crippen molar-refractivity contribution in [3.63, 3.8) is 0 Å². The van der Waals surface area contributed by atoms with Crippen LogP contribution in [0.3, 0.4) is 0 Å². The molecule has 3 N–H and O–H groups in total. The van der Waals surface area contributed by atoms with Gasteiger partial charge in [0.25, 0.3) is 0 Å². The van der Waals surface area contributed by atoms with Crippen LogP contribution in [0.4, 0.5) is 18.9 Å². The molecule has 2 aliphatic heterocycles. The van der Waals surface area contributed by atoms with E-state index < -0.39 is 12.7 Å². The fourth-order valence-electron chi connectivity index (χ4n) is 3.84. The Morgan fingerprint density at radius 1 is 1.29 bits per heavy atom. The minimum Gasteiger partial charge on any atom is -0.356 e. The third-order valence-electron chi connectivity index (χ3n) is 5.18. The van der Waals surface area contributed by atoms with E-state index in [1.54, 1.807) is 7.05 Å². The molecule has 1 amide bonds. The molecule has 0 spiro atoms. The number of likely N-dealkylation sites (tertiary alicyclic amines) is 1. The summed E-state index contributed by atoms with van der Waals surface area (Å²) >= 11 is 0. The van der Waals surface area contributed by atoms with Crippen LogP contribution in [-0.4, -0.2) is 62.7 Å². The van der Waals surface area contributed by atoms with Crippen LogP contribution in [0.2, 0.25) is 0 Å². The average Bonchev–Trinajstić information content (AvgIpc) is 3.07. The molecule has 28 heavy (non-hydrogen) atoms. The molecule has 1 aromatic carbocycles. The van der Waals surface area contributed by atoms with Gasteiger partial charge in [0, 0.05) is 44.7 Å². The summed E-state index contributed by atoms with van der Waals surface area (Å²) in [6, 6.07) is 7.73. The molecular weight excluding hydrogens is 371 g/mol. The van der Waals surface area contributed by atoms with Gasteiger partial charge in [-0.25, -0.2) is 0 Å². The van der Waals surface area contributed by atoms with Crippen molar-refractivity contribution in [2.75, 3.05) is 45.1 Å². The number of carbonyl (C=O) groups excluding carboxylic acids is 1. The average molecular weight is 397 g/mol. The lowest BCUT2D eigenvalue weighted by Crippen LogP contribution is -2.43. The number of guanidine groups is 1. The normalized spacial score (nSPS) is 23.3. The Kier molecular flexibility index (Phi) is 6.43. The van der Waals surface area contributed by atoms with Gasteiger partial charge >= 0.3 is 6.18 Å². The fourth-order valence-corrected chi connectivity index (χ4v) is 3.84. The van der Waals surface area contributed by atoms with Crippen molar-refractivity contribution in [3.8, 4) is 0 Å². The summed E-state index contributed by atoms with van der Waals surface area (Å²) in [6.07, 6.45) is -3.02. The number of fused-ring (bicyclic) bond motifs is 1. The highest BCUT2D eigenvalue weighted by Gasteiger charge is 2.34. The van der Waals surface area contributed by atoms with Crippen molar-refractivity contribution < 1.29 is 18.0 Å². The minimum atomic E-state index is -4.15. The van der Waals surface area contributed by atoms with Gasteiger partial charge in [-0.3, -0.25) is 14.7 Å². The SMILES string of the molecule is CN=C(NCC1CCN(CC(F)(F)F)C1)NCC1CC(=O)Nc2ccccc21. The molecule has 2 heterocycles. The van der Waals surface area contributed by atoms with E-state index >= 15 is 0 Å². The fraction of sp³-hybridized carbons (Fsp3) is 0.579. The number of amides is 1. The number of carbonyl (C=O) groups is 1. The molecule has 2 unspecified atom stereocenters. The molecule has 154 valence electrons. The molecular formula is C19H26F3N5O. The summed E-state index contributed by atoms with van der Waals surface area (Å²) in [7, 11) is 1.65. The quantitative estimate of drug-likeness (QED) is 0.526. The van der Waals surface area contributed by atoms with Crippen molar-refractivity contribution >= 4 is 17.6 Å². The Morgan fingerprint density at radius 3 is 2.79 bits per heavy atom.